The van der Waals surface area contributed by atoms with Crippen LogP contribution in [-0.2, 0) is 9.53 Å². The smallest absolute Gasteiger partial charge is 0.247 e. The predicted octanol–water partition coefficient (Wildman–Crippen LogP) is 1.74. The van der Waals surface area contributed by atoms with Crippen LogP contribution in [0.25, 0.3) is 5.76 Å². The fourth-order valence-electron chi connectivity index (χ4n) is 1.54. The van der Waals surface area contributed by atoms with E-state index in [9.17, 15) is 4.79 Å². The summed E-state index contributed by atoms with van der Waals surface area (Å²) in [5.41, 5.74) is 0.909. The zero-order valence-corrected chi connectivity index (χ0v) is 11.8. The lowest BCUT2D eigenvalue weighted by Crippen LogP contribution is -2.30. The summed E-state index contributed by atoms with van der Waals surface area (Å²) < 4.78 is 5.52. The number of rotatable bonds is 7. The number of nitrogens with one attached hydrogen (secondary N) is 1. The van der Waals surface area contributed by atoms with Crippen molar-refractivity contribution in [2.45, 2.75) is 6.92 Å². The van der Waals surface area contributed by atoms with Crippen LogP contribution >= 0.6 is 0 Å². The van der Waals surface area contributed by atoms with Crippen molar-refractivity contribution in [3.8, 4) is 0 Å². The minimum absolute atomic E-state index is 0.130. The molecule has 0 radical (unpaired) electrons. The molecule has 4 heteroatoms. The summed E-state index contributed by atoms with van der Waals surface area (Å²) in [4.78, 5) is 13.8. The number of ether oxygens (including phenoxy) is 1. The SMILES string of the molecule is CCO/C(=C\C(=O)NCCN(C)C)c1ccccc1. The average Bonchev–Trinajstić information content (AvgIpc) is 2.39. The summed E-state index contributed by atoms with van der Waals surface area (Å²) >= 11 is 0. The van der Waals surface area contributed by atoms with E-state index >= 15 is 0 Å². The molecule has 0 atom stereocenters. The molecule has 1 aromatic rings. The second kappa shape index (κ2) is 8.32. The van der Waals surface area contributed by atoms with Gasteiger partial charge in [0.1, 0.15) is 5.76 Å². The summed E-state index contributed by atoms with van der Waals surface area (Å²) in [6, 6.07) is 9.63. The van der Waals surface area contributed by atoms with Crippen LogP contribution in [0.3, 0.4) is 0 Å². The minimum atomic E-state index is -0.130. The topological polar surface area (TPSA) is 41.6 Å². The van der Waals surface area contributed by atoms with Crippen molar-refractivity contribution in [2.24, 2.45) is 0 Å². The van der Waals surface area contributed by atoms with Crippen LogP contribution in [-0.4, -0.2) is 44.6 Å². The monoisotopic (exact) mass is 262 g/mol. The zero-order chi connectivity index (χ0) is 14.1. The van der Waals surface area contributed by atoms with E-state index in [2.05, 4.69) is 5.32 Å². The highest BCUT2D eigenvalue weighted by molar-refractivity contribution is 5.93. The summed E-state index contributed by atoms with van der Waals surface area (Å²) in [5, 5.41) is 2.84. The van der Waals surface area contributed by atoms with E-state index in [4.69, 9.17) is 4.74 Å². The molecule has 19 heavy (non-hydrogen) atoms. The fraction of sp³-hybridized carbons (Fsp3) is 0.400. The first-order valence-corrected chi connectivity index (χ1v) is 6.46. The molecule has 0 aliphatic carbocycles. The van der Waals surface area contributed by atoms with Gasteiger partial charge in [-0.2, -0.15) is 0 Å². The van der Waals surface area contributed by atoms with Crippen molar-refractivity contribution < 1.29 is 9.53 Å². The molecule has 0 bridgehead atoms. The molecule has 1 N–H and O–H groups in total. The molecule has 0 heterocycles. The number of hydrogen-bond acceptors (Lipinski definition) is 3. The largest absolute Gasteiger partial charge is 0.493 e. The van der Waals surface area contributed by atoms with E-state index < -0.39 is 0 Å². The summed E-state index contributed by atoms with van der Waals surface area (Å²) in [6.07, 6.45) is 1.51. The van der Waals surface area contributed by atoms with E-state index in [0.717, 1.165) is 12.1 Å². The van der Waals surface area contributed by atoms with Crippen LogP contribution in [0.15, 0.2) is 36.4 Å². The molecule has 0 saturated carbocycles. The van der Waals surface area contributed by atoms with Gasteiger partial charge < -0.3 is 15.0 Å². The van der Waals surface area contributed by atoms with Gasteiger partial charge in [0.25, 0.3) is 0 Å². The highest BCUT2D eigenvalue weighted by Crippen LogP contribution is 2.14. The second-order valence-corrected chi connectivity index (χ2v) is 4.40. The van der Waals surface area contributed by atoms with Gasteiger partial charge >= 0.3 is 0 Å². The number of hydrogen-bond donors (Lipinski definition) is 1. The van der Waals surface area contributed by atoms with Crippen LogP contribution in [0.5, 0.6) is 0 Å². The van der Waals surface area contributed by atoms with Crippen molar-refractivity contribution in [3.63, 3.8) is 0 Å². The Kier molecular flexibility index (Phi) is 6.68. The maximum atomic E-state index is 11.8. The molecule has 1 aromatic carbocycles. The first-order valence-electron chi connectivity index (χ1n) is 6.46. The minimum Gasteiger partial charge on any atom is -0.493 e. The Bertz CT molecular complexity index is 413. The van der Waals surface area contributed by atoms with Crippen molar-refractivity contribution in [1.29, 1.82) is 0 Å². The molecule has 0 aliphatic heterocycles. The van der Waals surface area contributed by atoms with Gasteiger partial charge in [-0.1, -0.05) is 30.3 Å². The van der Waals surface area contributed by atoms with Gasteiger partial charge in [-0.05, 0) is 21.0 Å². The lowest BCUT2D eigenvalue weighted by molar-refractivity contribution is -0.116. The van der Waals surface area contributed by atoms with Crippen molar-refractivity contribution in [2.75, 3.05) is 33.8 Å². The van der Waals surface area contributed by atoms with Gasteiger partial charge in [-0.15, -0.1) is 0 Å². The predicted molar refractivity (Wildman–Crippen MR) is 77.6 cm³/mol. The summed E-state index contributed by atoms with van der Waals surface area (Å²) in [5.74, 6) is 0.472. The normalized spacial score (nSPS) is 11.5. The number of benzene rings is 1. The first kappa shape index (κ1) is 15.2. The maximum absolute atomic E-state index is 11.8. The molecule has 0 spiro atoms. The molecule has 0 saturated heterocycles. The van der Waals surface area contributed by atoms with E-state index in [1.54, 1.807) is 0 Å². The summed E-state index contributed by atoms with van der Waals surface area (Å²) in [7, 11) is 3.94. The van der Waals surface area contributed by atoms with Gasteiger partial charge in [0.2, 0.25) is 5.91 Å². The number of likely N-dealkylation sites (N-methyl/N-ethyl adjacent to an activating group) is 1. The van der Waals surface area contributed by atoms with Crippen LogP contribution in [0.1, 0.15) is 12.5 Å². The molecule has 1 rings (SSSR count). The third-order valence-electron chi connectivity index (χ3n) is 2.48. The highest BCUT2D eigenvalue weighted by Gasteiger charge is 2.05. The Morgan fingerprint density at radius 2 is 2.00 bits per heavy atom. The molecule has 0 unspecified atom stereocenters. The number of carbonyl (C=O) groups excluding carboxylic acids is 1. The second-order valence-electron chi connectivity index (χ2n) is 4.40. The van der Waals surface area contributed by atoms with Gasteiger partial charge in [-0.3, -0.25) is 4.79 Å². The molecule has 0 aromatic heterocycles. The Labute approximate surface area is 115 Å². The Hall–Kier alpha value is -1.81. The maximum Gasteiger partial charge on any atom is 0.247 e. The van der Waals surface area contributed by atoms with Crippen molar-refractivity contribution >= 4 is 11.7 Å². The van der Waals surface area contributed by atoms with Crippen LogP contribution in [0.4, 0.5) is 0 Å². The van der Waals surface area contributed by atoms with Gasteiger partial charge in [0, 0.05) is 24.7 Å². The van der Waals surface area contributed by atoms with Gasteiger partial charge in [0.05, 0.1) is 6.61 Å². The number of nitrogens with zero attached hydrogens (tertiary/aromatic N) is 1. The van der Waals surface area contributed by atoms with E-state index in [1.807, 2.05) is 56.3 Å². The fourth-order valence-corrected chi connectivity index (χ4v) is 1.54. The van der Waals surface area contributed by atoms with E-state index in [-0.39, 0.29) is 5.91 Å². The molecule has 104 valence electrons. The molecular weight excluding hydrogens is 240 g/mol. The standard InChI is InChI=1S/C15H22N2O2/c1-4-19-14(13-8-6-5-7-9-13)12-15(18)16-10-11-17(2)3/h5-9,12H,4,10-11H2,1-3H3,(H,16,18)/b14-12-. The Balaban J connectivity index is 2.65. The van der Waals surface area contributed by atoms with Crippen LogP contribution < -0.4 is 5.32 Å². The molecule has 0 aliphatic rings. The molecular formula is C15H22N2O2. The van der Waals surface area contributed by atoms with Crippen LogP contribution in [0.2, 0.25) is 0 Å². The van der Waals surface area contributed by atoms with E-state index in [1.165, 1.54) is 6.08 Å². The molecule has 4 nitrogen and oxygen atoms in total. The third kappa shape index (κ3) is 6.06. The van der Waals surface area contributed by atoms with E-state index in [0.29, 0.717) is 18.9 Å². The first-order chi connectivity index (χ1) is 9.13. The Morgan fingerprint density at radius 1 is 1.32 bits per heavy atom. The lowest BCUT2D eigenvalue weighted by atomic mass is 10.2. The van der Waals surface area contributed by atoms with Crippen LogP contribution in [0, 0.1) is 0 Å². The Morgan fingerprint density at radius 3 is 2.58 bits per heavy atom. The molecule has 0 fully saturated rings. The summed E-state index contributed by atoms with van der Waals surface area (Å²) in [6.45, 7) is 3.87. The van der Waals surface area contributed by atoms with Crippen molar-refractivity contribution in [3.05, 3.63) is 42.0 Å². The quantitative estimate of drug-likeness (QED) is 0.601. The highest BCUT2D eigenvalue weighted by atomic mass is 16.5. The van der Waals surface area contributed by atoms with Crippen molar-refractivity contribution in [1.82, 2.24) is 10.2 Å². The zero-order valence-electron chi connectivity index (χ0n) is 11.8. The third-order valence-corrected chi connectivity index (χ3v) is 2.48. The average molecular weight is 262 g/mol. The number of carbonyl (C=O) groups is 1. The van der Waals surface area contributed by atoms with Gasteiger partial charge in [-0.25, -0.2) is 0 Å². The lowest BCUT2D eigenvalue weighted by Gasteiger charge is -2.11. The molecule has 1 amide bonds. The van der Waals surface area contributed by atoms with Gasteiger partial charge in [0.15, 0.2) is 0 Å². The number of amides is 1.